The van der Waals surface area contributed by atoms with E-state index in [1.807, 2.05) is 20.8 Å². The molecule has 6 nitrogen and oxygen atoms in total. The lowest BCUT2D eigenvalue weighted by atomic mass is 9.88. The number of non-ortho nitro benzene ring substituents is 1. The van der Waals surface area contributed by atoms with Crippen LogP contribution in [0.1, 0.15) is 37.6 Å². The molecule has 0 bridgehead atoms. The molecule has 0 heterocycles. The van der Waals surface area contributed by atoms with Crippen molar-refractivity contribution in [3.63, 3.8) is 0 Å². The molecule has 0 radical (unpaired) electrons. The van der Waals surface area contributed by atoms with Gasteiger partial charge in [0.25, 0.3) is 11.6 Å². The number of amides is 1. The molecule has 0 spiro atoms. The van der Waals surface area contributed by atoms with Crippen LogP contribution in [0.25, 0.3) is 0 Å². The molecule has 1 rings (SSSR count). The van der Waals surface area contributed by atoms with Crippen LogP contribution < -0.4 is 5.32 Å². The topological polar surface area (TPSA) is 92.5 Å². The maximum absolute atomic E-state index is 12.0. The van der Waals surface area contributed by atoms with Gasteiger partial charge in [-0.2, -0.15) is 0 Å². The van der Waals surface area contributed by atoms with Gasteiger partial charge < -0.3 is 10.4 Å². The van der Waals surface area contributed by atoms with Crippen molar-refractivity contribution in [3.05, 3.63) is 39.9 Å². The van der Waals surface area contributed by atoms with Crippen LogP contribution in [0, 0.1) is 15.5 Å². The standard InChI is InChI=1S/C14H20N2O4/c1-14(2,3)8-11(9-17)15-13(18)10-5-4-6-12(7-10)16(19)20/h4-7,11,17H,8-9H2,1-3H3,(H,15,18). The van der Waals surface area contributed by atoms with Crippen LogP contribution in [0.2, 0.25) is 0 Å². The predicted octanol–water partition coefficient (Wildman–Crippen LogP) is 2.12. The second-order valence-corrected chi connectivity index (χ2v) is 5.93. The second kappa shape index (κ2) is 6.47. The smallest absolute Gasteiger partial charge is 0.270 e. The third-order valence-corrected chi connectivity index (χ3v) is 2.73. The molecule has 1 aromatic rings. The van der Waals surface area contributed by atoms with Crippen LogP contribution >= 0.6 is 0 Å². The van der Waals surface area contributed by atoms with Crippen LogP contribution in [-0.2, 0) is 0 Å². The zero-order valence-electron chi connectivity index (χ0n) is 11.9. The molecule has 20 heavy (non-hydrogen) atoms. The highest BCUT2D eigenvalue weighted by Crippen LogP contribution is 2.21. The van der Waals surface area contributed by atoms with Crippen molar-refractivity contribution in [3.8, 4) is 0 Å². The lowest BCUT2D eigenvalue weighted by Crippen LogP contribution is -2.40. The summed E-state index contributed by atoms with van der Waals surface area (Å²) in [7, 11) is 0. The average molecular weight is 280 g/mol. The lowest BCUT2D eigenvalue weighted by molar-refractivity contribution is -0.384. The zero-order chi connectivity index (χ0) is 15.3. The highest BCUT2D eigenvalue weighted by Gasteiger charge is 2.21. The van der Waals surface area contributed by atoms with Gasteiger partial charge in [0.1, 0.15) is 0 Å². The number of carbonyl (C=O) groups is 1. The summed E-state index contributed by atoms with van der Waals surface area (Å²) >= 11 is 0. The van der Waals surface area contributed by atoms with Gasteiger partial charge in [0.2, 0.25) is 0 Å². The van der Waals surface area contributed by atoms with Crippen LogP contribution in [-0.4, -0.2) is 28.6 Å². The lowest BCUT2D eigenvalue weighted by Gasteiger charge is -2.25. The SMILES string of the molecule is CC(C)(C)CC(CO)NC(=O)c1cccc([N+](=O)[O-])c1. The molecule has 1 atom stereocenters. The largest absolute Gasteiger partial charge is 0.394 e. The normalized spacial score (nSPS) is 12.8. The van der Waals surface area contributed by atoms with Gasteiger partial charge in [-0.1, -0.05) is 26.8 Å². The van der Waals surface area contributed by atoms with E-state index >= 15 is 0 Å². The van der Waals surface area contributed by atoms with Crippen LogP contribution in [0.4, 0.5) is 5.69 Å². The first-order valence-corrected chi connectivity index (χ1v) is 6.39. The van der Waals surface area contributed by atoms with Crippen LogP contribution in [0.15, 0.2) is 24.3 Å². The highest BCUT2D eigenvalue weighted by molar-refractivity contribution is 5.95. The molecule has 6 heteroatoms. The summed E-state index contributed by atoms with van der Waals surface area (Å²) < 4.78 is 0. The fourth-order valence-electron chi connectivity index (χ4n) is 1.93. The Balaban J connectivity index is 2.79. The monoisotopic (exact) mass is 280 g/mol. The van der Waals surface area contributed by atoms with Crippen molar-refractivity contribution in [1.82, 2.24) is 5.32 Å². The Morgan fingerprint density at radius 3 is 2.60 bits per heavy atom. The summed E-state index contributed by atoms with van der Waals surface area (Å²) in [5.74, 6) is -0.419. The molecule has 110 valence electrons. The van der Waals surface area contributed by atoms with E-state index in [2.05, 4.69) is 5.32 Å². The summed E-state index contributed by atoms with van der Waals surface area (Å²) in [6, 6.07) is 5.15. The summed E-state index contributed by atoms with van der Waals surface area (Å²) in [6.45, 7) is 5.86. The van der Waals surface area contributed by atoms with Crippen molar-refractivity contribution in [1.29, 1.82) is 0 Å². The number of nitrogens with zero attached hydrogens (tertiary/aromatic N) is 1. The summed E-state index contributed by atoms with van der Waals surface area (Å²) in [4.78, 5) is 22.2. The van der Waals surface area contributed by atoms with E-state index in [-0.39, 0.29) is 29.3 Å². The summed E-state index contributed by atoms with van der Waals surface area (Å²) in [5.41, 5.74) is 0.0455. The van der Waals surface area contributed by atoms with Crippen molar-refractivity contribution in [2.75, 3.05) is 6.61 Å². The van der Waals surface area contributed by atoms with E-state index in [0.29, 0.717) is 6.42 Å². The molecule has 0 fully saturated rings. The Bertz CT molecular complexity index is 494. The molecule has 0 aliphatic heterocycles. The van der Waals surface area contributed by atoms with E-state index in [0.717, 1.165) is 0 Å². The average Bonchev–Trinajstić information content (AvgIpc) is 2.36. The number of aliphatic hydroxyl groups is 1. The molecule has 0 aliphatic carbocycles. The number of rotatable bonds is 5. The molecule has 0 aliphatic rings. The first kappa shape index (κ1) is 16.1. The maximum atomic E-state index is 12.0. The van der Waals surface area contributed by atoms with Gasteiger partial charge in [-0.15, -0.1) is 0 Å². The van der Waals surface area contributed by atoms with Crippen molar-refractivity contribution in [2.24, 2.45) is 5.41 Å². The molecule has 1 unspecified atom stereocenters. The first-order valence-electron chi connectivity index (χ1n) is 6.39. The zero-order valence-corrected chi connectivity index (χ0v) is 11.9. The number of hydrogen-bond donors (Lipinski definition) is 2. The molecular formula is C14H20N2O4. The third kappa shape index (κ3) is 4.97. The fraction of sp³-hybridized carbons (Fsp3) is 0.500. The second-order valence-electron chi connectivity index (χ2n) is 5.93. The van der Waals surface area contributed by atoms with Gasteiger partial charge in [-0.25, -0.2) is 0 Å². The first-order chi connectivity index (χ1) is 9.23. The maximum Gasteiger partial charge on any atom is 0.270 e. The van der Waals surface area contributed by atoms with E-state index in [9.17, 15) is 20.0 Å². The molecule has 1 aromatic carbocycles. The van der Waals surface area contributed by atoms with Crippen molar-refractivity contribution < 1.29 is 14.8 Å². The van der Waals surface area contributed by atoms with Gasteiger partial charge in [0, 0.05) is 17.7 Å². The molecule has 0 aromatic heterocycles. The van der Waals surface area contributed by atoms with E-state index < -0.39 is 10.8 Å². The number of nitrogens with one attached hydrogen (secondary N) is 1. The van der Waals surface area contributed by atoms with Gasteiger partial charge >= 0.3 is 0 Å². The van der Waals surface area contributed by atoms with E-state index in [1.54, 1.807) is 0 Å². The quantitative estimate of drug-likeness (QED) is 0.638. The molecule has 2 N–H and O–H groups in total. The Labute approximate surface area is 118 Å². The van der Waals surface area contributed by atoms with Gasteiger partial charge in [-0.3, -0.25) is 14.9 Å². The highest BCUT2D eigenvalue weighted by atomic mass is 16.6. The van der Waals surface area contributed by atoms with Crippen molar-refractivity contribution >= 4 is 11.6 Å². The fourth-order valence-corrected chi connectivity index (χ4v) is 1.93. The molecule has 0 saturated carbocycles. The molecule has 1 amide bonds. The van der Waals surface area contributed by atoms with Crippen LogP contribution in [0.5, 0.6) is 0 Å². The number of aliphatic hydroxyl groups excluding tert-OH is 1. The van der Waals surface area contributed by atoms with Crippen LogP contribution in [0.3, 0.4) is 0 Å². The van der Waals surface area contributed by atoms with E-state index in [4.69, 9.17) is 0 Å². The van der Waals surface area contributed by atoms with Gasteiger partial charge in [-0.05, 0) is 17.9 Å². The minimum absolute atomic E-state index is 0.0383. The molecular weight excluding hydrogens is 260 g/mol. The Morgan fingerprint density at radius 2 is 2.10 bits per heavy atom. The number of nitro groups is 1. The van der Waals surface area contributed by atoms with Gasteiger partial charge in [0.05, 0.1) is 17.6 Å². The predicted molar refractivity (Wildman–Crippen MR) is 75.5 cm³/mol. The number of benzene rings is 1. The van der Waals surface area contributed by atoms with E-state index in [1.165, 1.54) is 24.3 Å². The number of nitro benzene ring substituents is 1. The third-order valence-electron chi connectivity index (χ3n) is 2.73. The van der Waals surface area contributed by atoms with Crippen molar-refractivity contribution in [2.45, 2.75) is 33.2 Å². The summed E-state index contributed by atoms with van der Waals surface area (Å²) in [5, 5.41) is 22.7. The Hall–Kier alpha value is -1.95. The number of hydrogen-bond acceptors (Lipinski definition) is 4. The number of carbonyl (C=O) groups excluding carboxylic acids is 1. The minimum Gasteiger partial charge on any atom is -0.394 e. The minimum atomic E-state index is -0.546. The molecule has 0 saturated heterocycles. The van der Waals surface area contributed by atoms with Gasteiger partial charge in [0.15, 0.2) is 0 Å². The Kier molecular flexibility index (Phi) is 5.21. The summed E-state index contributed by atoms with van der Waals surface area (Å²) in [6.07, 6.45) is 0.615. The Morgan fingerprint density at radius 1 is 1.45 bits per heavy atom.